The summed E-state index contributed by atoms with van der Waals surface area (Å²) in [5, 5.41) is 3.08. The highest BCUT2D eigenvalue weighted by Gasteiger charge is 2.29. The molecule has 0 spiro atoms. The van der Waals surface area contributed by atoms with Crippen molar-refractivity contribution in [2.24, 2.45) is 0 Å². The van der Waals surface area contributed by atoms with Gasteiger partial charge in [-0.25, -0.2) is 0 Å². The summed E-state index contributed by atoms with van der Waals surface area (Å²) in [7, 11) is -4.29. The van der Waals surface area contributed by atoms with Crippen LogP contribution in [0.2, 0.25) is 10.0 Å². The number of anilines is 1. The van der Waals surface area contributed by atoms with Gasteiger partial charge in [-0.15, -0.1) is 0 Å². The van der Waals surface area contributed by atoms with Crippen LogP contribution in [-0.4, -0.2) is 106 Å². The third-order valence-electron chi connectivity index (χ3n) is 7.52. The SMILES string of the molecule is O=C(NCC(=O)N1CCN(CC(=O)N2CCOCC2)CC1)c1ccc(S(=O)(=O)N(Oc2ccc(Cl)cc2Cl)c2ccccc2)cc1. The zero-order chi connectivity index (χ0) is 32.7. The molecule has 46 heavy (non-hydrogen) atoms. The Morgan fingerprint density at radius 2 is 1.48 bits per heavy atom. The fraction of sp³-hybridized carbons (Fsp3) is 0.323. The third kappa shape index (κ3) is 8.28. The lowest BCUT2D eigenvalue weighted by Crippen LogP contribution is -2.54. The van der Waals surface area contributed by atoms with Crippen molar-refractivity contribution in [2.45, 2.75) is 4.90 Å². The first-order valence-corrected chi connectivity index (χ1v) is 16.8. The number of nitrogens with one attached hydrogen (secondary N) is 1. The first kappa shape index (κ1) is 33.5. The summed E-state index contributed by atoms with van der Waals surface area (Å²) >= 11 is 12.2. The second-order valence-corrected chi connectivity index (χ2v) is 13.2. The van der Waals surface area contributed by atoms with Crippen LogP contribution in [0.5, 0.6) is 5.75 Å². The lowest BCUT2D eigenvalue weighted by Gasteiger charge is -2.36. The van der Waals surface area contributed by atoms with Crippen LogP contribution in [0.4, 0.5) is 5.69 Å². The lowest BCUT2D eigenvalue weighted by atomic mass is 10.2. The van der Waals surface area contributed by atoms with Crippen LogP contribution in [0.3, 0.4) is 0 Å². The number of halogens is 2. The van der Waals surface area contributed by atoms with Gasteiger partial charge in [0.2, 0.25) is 11.8 Å². The molecular weight excluding hydrogens is 657 g/mol. The van der Waals surface area contributed by atoms with Crippen molar-refractivity contribution in [3.63, 3.8) is 0 Å². The Labute approximate surface area is 277 Å². The predicted molar refractivity (Wildman–Crippen MR) is 172 cm³/mol. The molecule has 0 aliphatic carbocycles. The number of para-hydroxylation sites is 1. The number of amides is 3. The molecule has 244 valence electrons. The Kier molecular flexibility index (Phi) is 11.0. The first-order chi connectivity index (χ1) is 22.1. The van der Waals surface area contributed by atoms with E-state index < -0.39 is 15.9 Å². The van der Waals surface area contributed by atoms with Crippen molar-refractivity contribution in [3.8, 4) is 5.75 Å². The highest BCUT2D eigenvalue weighted by molar-refractivity contribution is 7.92. The zero-order valence-corrected chi connectivity index (χ0v) is 27.1. The molecule has 3 aromatic carbocycles. The molecule has 2 saturated heterocycles. The molecule has 5 rings (SSSR count). The van der Waals surface area contributed by atoms with Crippen molar-refractivity contribution in [3.05, 3.63) is 88.4 Å². The smallest absolute Gasteiger partial charge is 0.295 e. The maximum atomic E-state index is 13.7. The van der Waals surface area contributed by atoms with E-state index in [0.29, 0.717) is 64.0 Å². The number of ether oxygens (including phenoxy) is 1. The van der Waals surface area contributed by atoms with Gasteiger partial charge in [0.15, 0.2) is 5.75 Å². The molecular formula is C31H33Cl2N5O7S. The molecule has 3 amide bonds. The minimum absolute atomic E-state index is 0.0559. The van der Waals surface area contributed by atoms with Gasteiger partial charge in [0.1, 0.15) is 0 Å². The summed E-state index contributed by atoms with van der Waals surface area (Å²) < 4.78 is 33.4. The summed E-state index contributed by atoms with van der Waals surface area (Å²) in [6.45, 7) is 4.36. The highest BCUT2D eigenvalue weighted by atomic mass is 35.5. The Hall–Kier alpha value is -3.88. The van der Waals surface area contributed by atoms with E-state index in [9.17, 15) is 22.8 Å². The fourth-order valence-corrected chi connectivity index (χ4v) is 6.62. The summed E-state index contributed by atoms with van der Waals surface area (Å²) in [6, 6.07) is 17.9. The molecule has 2 heterocycles. The molecule has 1 N–H and O–H groups in total. The van der Waals surface area contributed by atoms with Crippen LogP contribution in [0.15, 0.2) is 77.7 Å². The molecule has 0 aromatic heterocycles. The van der Waals surface area contributed by atoms with Crippen LogP contribution in [-0.2, 0) is 24.3 Å². The van der Waals surface area contributed by atoms with Gasteiger partial charge in [0.25, 0.3) is 15.9 Å². The van der Waals surface area contributed by atoms with Gasteiger partial charge in [-0.3, -0.25) is 19.3 Å². The van der Waals surface area contributed by atoms with E-state index in [1.54, 1.807) is 40.1 Å². The number of carbonyl (C=O) groups excluding carboxylic acids is 3. The normalized spacial score (nSPS) is 15.7. The molecule has 12 nitrogen and oxygen atoms in total. The standard InChI is InChI=1S/C31H33Cl2N5O7S/c32-24-8-11-28(27(33)20-24)45-38(25-4-2-1-3-5-25)46(42,43)26-9-6-23(7-10-26)31(41)34-21-29(39)36-14-12-35(13-15-36)22-30(40)37-16-18-44-19-17-37/h1-11,20H,12-19,21-22H2,(H,34,41). The maximum absolute atomic E-state index is 13.7. The number of nitrogens with zero attached hydrogens (tertiary/aromatic N) is 4. The summed E-state index contributed by atoms with van der Waals surface area (Å²) in [5.74, 6) is -0.651. The predicted octanol–water partition coefficient (Wildman–Crippen LogP) is 2.92. The van der Waals surface area contributed by atoms with Gasteiger partial charge in [0, 0.05) is 49.9 Å². The number of benzene rings is 3. The van der Waals surface area contributed by atoms with Crippen LogP contribution in [0.1, 0.15) is 10.4 Å². The molecule has 15 heteroatoms. The Morgan fingerprint density at radius 3 is 2.13 bits per heavy atom. The van der Waals surface area contributed by atoms with Crippen molar-refractivity contribution in [1.82, 2.24) is 20.0 Å². The average molecular weight is 691 g/mol. The Bertz CT molecular complexity index is 1650. The third-order valence-corrected chi connectivity index (χ3v) is 9.64. The molecule has 0 bridgehead atoms. The molecule has 2 fully saturated rings. The highest BCUT2D eigenvalue weighted by Crippen LogP contribution is 2.32. The van der Waals surface area contributed by atoms with Gasteiger partial charge in [0.05, 0.1) is 41.9 Å². The number of piperazine rings is 1. The van der Waals surface area contributed by atoms with Crippen molar-refractivity contribution >= 4 is 56.6 Å². The van der Waals surface area contributed by atoms with Crippen molar-refractivity contribution < 1.29 is 32.4 Å². The molecule has 2 aliphatic heterocycles. The number of hydrogen-bond acceptors (Lipinski definition) is 8. The minimum atomic E-state index is -4.29. The number of rotatable bonds is 10. The number of morpholine rings is 1. The first-order valence-electron chi connectivity index (χ1n) is 14.6. The fourth-order valence-electron chi connectivity index (χ4n) is 4.93. The summed E-state index contributed by atoms with van der Waals surface area (Å²) in [5.41, 5.74) is 0.393. The molecule has 0 unspecified atom stereocenters. The van der Waals surface area contributed by atoms with Crippen LogP contribution in [0, 0.1) is 0 Å². The largest absolute Gasteiger partial charge is 0.378 e. The topological polar surface area (TPSA) is 129 Å². The summed E-state index contributed by atoms with van der Waals surface area (Å²) in [6.07, 6.45) is 0. The van der Waals surface area contributed by atoms with Gasteiger partial charge in [-0.2, -0.15) is 8.42 Å². The molecule has 0 atom stereocenters. The quantitative estimate of drug-likeness (QED) is 0.322. The van der Waals surface area contributed by atoms with Crippen molar-refractivity contribution in [1.29, 1.82) is 0 Å². The lowest BCUT2D eigenvalue weighted by molar-refractivity contribution is -0.137. The number of sulfonamides is 1. The van der Waals surface area contributed by atoms with Crippen LogP contribution < -0.4 is 14.6 Å². The maximum Gasteiger partial charge on any atom is 0.295 e. The Balaban J connectivity index is 1.16. The molecule has 0 saturated carbocycles. The molecule has 3 aromatic rings. The van der Waals surface area contributed by atoms with Crippen LogP contribution >= 0.6 is 23.2 Å². The Morgan fingerprint density at radius 1 is 0.826 bits per heavy atom. The average Bonchev–Trinajstić information content (AvgIpc) is 3.07. The van der Waals surface area contributed by atoms with E-state index in [1.807, 2.05) is 4.90 Å². The van der Waals surface area contributed by atoms with E-state index in [2.05, 4.69) is 5.32 Å². The summed E-state index contributed by atoms with van der Waals surface area (Å²) in [4.78, 5) is 49.2. The second kappa shape index (κ2) is 15.1. The van der Waals surface area contributed by atoms with E-state index >= 15 is 0 Å². The van der Waals surface area contributed by atoms with Gasteiger partial charge in [-0.05, 0) is 54.6 Å². The number of hydrogen-bond donors (Lipinski definition) is 1. The van der Waals surface area contributed by atoms with E-state index in [4.69, 9.17) is 32.8 Å². The van der Waals surface area contributed by atoms with E-state index in [1.165, 1.54) is 42.5 Å². The minimum Gasteiger partial charge on any atom is -0.378 e. The van der Waals surface area contributed by atoms with Gasteiger partial charge >= 0.3 is 0 Å². The van der Waals surface area contributed by atoms with Crippen molar-refractivity contribution in [2.75, 3.05) is 70.0 Å². The molecule has 0 radical (unpaired) electrons. The van der Waals surface area contributed by atoms with Gasteiger partial charge in [-0.1, -0.05) is 45.9 Å². The van der Waals surface area contributed by atoms with E-state index in [0.717, 1.165) is 4.47 Å². The molecule has 2 aliphatic rings. The number of carbonyl (C=O) groups is 3. The van der Waals surface area contributed by atoms with E-state index in [-0.39, 0.29) is 45.3 Å². The second-order valence-electron chi connectivity index (χ2n) is 10.6. The zero-order valence-electron chi connectivity index (χ0n) is 24.8. The van der Waals surface area contributed by atoms with Gasteiger partial charge < -0.3 is 24.7 Å². The van der Waals surface area contributed by atoms with Crippen LogP contribution in [0.25, 0.3) is 0 Å². The monoisotopic (exact) mass is 689 g/mol.